The van der Waals surface area contributed by atoms with Crippen molar-refractivity contribution < 1.29 is 9.90 Å². The summed E-state index contributed by atoms with van der Waals surface area (Å²) < 4.78 is 0. The summed E-state index contributed by atoms with van der Waals surface area (Å²) in [5.41, 5.74) is 0. The van der Waals surface area contributed by atoms with Crippen LogP contribution in [0.5, 0.6) is 0 Å². The highest BCUT2D eigenvalue weighted by Gasteiger charge is 2.11. The van der Waals surface area contributed by atoms with Gasteiger partial charge in [-0.05, 0) is 13.1 Å². The standard InChI is InChI=1S/C4H11N.C4H4O2/c1-3-5-4-2;5-3-1-4(6)2-3/h5H,3-4H2,1-2H3;1,5H,2H2. The van der Waals surface area contributed by atoms with Crippen molar-refractivity contribution in [3.8, 4) is 0 Å². The van der Waals surface area contributed by atoms with E-state index in [1.807, 2.05) is 0 Å². The smallest absolute Gasteiger partial charge is 0.166 e. The predicted molar refractivity (Wildman–Crippen MR) is 44.6 cm³/mol. The molecule has 0 fully saturated rings. The molecule has 11 heavy (non-hydrogen) atoms. The third-order valence-corrected chi connectivity index (χ3v) is 1.18. The Hall–Kier alpha value is -0.830. The average molecular weight is 157 g/mol. The molecule has 3 heteroatoms. The van der Waals surface area contributed by atoms with E-state index in [2.05, 4.69) is 19.2 Å². The minimum Gasteiger partial charge on any atom is -0.512 e. The fourth-order valence-electron chi connectivity index (χ4n) is 0.585. The van der Waals surface area contributed by atoms with Gasteiger partial charge in [-0.15, -0.1) is 0 Å². The second kappa shape index (κ2) is 5.92. The first-order chi connectivity index (χ1) is 5.20. The first-order valence-corrected chi connectivity index (χ1v) is 3.83. The van der Waals surface area contributed by atoms with E-state index in [1.54, 1.807) is 0 Å². The van der Waals surface area contributed by atoms with Gasteiger partial charge in [-0.1, -0.05) is 13.8 Å². The van der Waals surface area contributed by atoms with Gasteiger partial charge in [-0.25, -0.2) is 0 Å². The zero-order valence-corrected chi connectivity index (χ0v) is 7.05. The molecule has 64 valence electrons. The second-order valence-electron chi connectivity index (χ2n) is 2.24. The van der Waals surface area contributed by atoms with E-state index in [4.69, 9.17) is 5.11 Å². The third-order valence-electron chi connectivity index (χ3n) is 1.18. The molecule has 0 atom stereocenters. The number of hydrogen-bond donors (Lipinski definition) is 2. The number of carbonyl (C=O) groups is 1. The Morgan fingerprint density at radius 2 is 2.00 bits per heavy atom. The number of hydrogen-bond acceptors (Lipinski definition) is 3. The molecule has 0 spiro atoms. The lowest BCUT2D eigenvalue weighted by atomic mass is 10.1. The van der Waals surface area contributed by atoms with E-state index in [0.29, 0.717) is 0 Å². The molecule has 1 rings (SSSR count). The summed E-state index contributed by atoms with van der Waals surface area (Å²) in [6.07, 6.45) is 1.47. The molecule has 0 saturated heterocycles. The molecule has 0 amide bonds. The molecular weight excluding hydrogens is 142 g/mol. The number of carbonyl (C=O) groups excluding carboxylic acids is 1. The highest BCUT2D eigenvalue weighted by molar-refractivity contribution is 5.97. The minimum atomic E-state index is 0.0208. The number of nitrogens with one attached hydrogen (secondary N) is 1. The first kappa shape index (κ1) is 10.2. The minimum absolute atomic E-state index is 0.0208. The van der Waals surface area contributed by atoms with Gasteiger partial charge in [0, 0.05) is 6.08 Å². The van der Waals surface area contributed by atoms with Crippen molar-refractivity contribution in [2.45, 2.75) is 20.3 Å². The van der Waals surface area contributed by atoms with Crippen LogP contribution < -0.4 is 5.32 Å². The lowest BCUT2D eigenvalue weighted by molar-refractivity contribution is -0.116. The van der Waals surface area contributed by atoms with Gasteiger partial charge < -0.3 is 10.4 Å². The average Bonchev–Trinajstić information content (AvgIpc) is 1.88. The van der Waals surface area contributed by atoms with Gasteiger partial charge in [-0.3, -0.25) is 4.79 Å². The summed E-state index contributed by atoms with van der Waals surface area (Å²) >= 11 is 0. The van der Waals surface area contributed by atoms with E-state index >= 15 is 0 Å². The molecule has 0 saturated carbocycles. The normalized spacial score (nSPS) is 14.4. The number of rotatable bonds is 2. The van der Waals surface area contributed by atoms with E-state index in [1.165, 1.54) is 6.08 Å². The number of aliphatic hydroxyl groups is 1. The van der Waals surface area contributed by atoms with Crippen LogP contribution in [0.3, 0.4) is 0 Å². The molecule has 0 unspecified atom stereocenters. The van der Waals surface area contributed by atoms with Crippen LogP contribution >= 0.6 is 0 Å². The van der Waals surface area contributed by atoms with Gasteiger partial charge in [-0.2, -0.15) is 0 Å². The van der Waals surface area contributed by atoms with Crippen molar-refractivity contribution in [1.82, 2.24) is 5.32 Å². The lowest BCUT2D eigenvalue weighted by Crippen LogP contribution is -2.09. The van der Waals surface area contributed by atoms with Crippen molar-refractivity contribution in [3.05, 3.63) is 11.8 Å². The van der Waals surface area contributed by atoms with Crippen molar-refractivity contribution >= 4 is 5.78 Å². The Kier molecular flexibility index (Phi) is 5.47. The van der Waals surface area contributed by atoms with Crippen molar-refractivity contribution in [3.63, 3.8) is 0 Å². The predicted octanol–water partition coefficient (Wildman–Crippen LogP) is 1.02. The van der Waals surface area contributed by atoms with Gasteiger partial charge in [0.2, 0.25) is 0 Å². The lowest BCUT2D eigenvalue weighted by Gasteiger charge is -2.02. The van der Waals surface area contributed by atoms with Crippen LogP contribution in [0.25, 0.3) is 0 Å². The van der Waals surface area contributed by atoms with Gasteiger partial charge in [0.05, 0.1) is 6.42 Å². The largest absolute Gasteiger partial charge is 0.512 e. The third kappa shape index (κ3) is 5.61. The highest BCUT2D eigenvalue weighted by Crippen LogP contribution is 2.08. The summed E-state index contributed by atoms with van der Waals surface area (Å²) in [6.45, 7) is 6.39. The van der Waals surface area contributed by atoms with Crippen LogP contribution in [-0.2, 0) is 4.79 Å². The first-order valence-electron chi connectivity index (χ1n) is 3.83. The molecule has 1 aliphatic rings. The van der Waals surface area contributed by atoms with Crippen LogP contribution in [0, 0.1) is 0 Å². The molecule has 0 aromatic heterocycles. The Bertz CT molecular complexity index is 150. The van der Waals surface area contributed by atoms with Gasteiger partial charge in [0.25, 0.3) is 0 Å². The zero-order valence-electron chi connectivity index (χ0n) is 7.05. The maximum atomic E-state index is 9.87. The van der Waals surface area contributed by atoms with E-state index < -0.39 is 0 Å². The number of allylic oxidation sites excluding steroid dienone is 2. The van der Waals surface area contributed by atoms with Gasteiger partial charge in [0.1, 0.15) is 5.76 Å². The summed E-state index contributed by atoms with van der Waals surface area (Å²) in [6, 6.07) is 0. The van der Waals surface area contributed by atoms with Gasteiger partial charge >= 0.3 is 0 Å². The fourth-order valence-corrected chi connectivity index (χ4v) is 0.585. The Morgan fingerprint density at radius 1 is 1.55 bits per heavy atom. The van der Waals surface area contributed by atoms with E-state index in [9.17, 15) is 4.79 Å². The number of aliphatic hydroxyl groups excluding tert-OH is 1. The van der Waals surface area contributed by atoms with E-state index in [-0.39, 0.29) is 18.0 Å². The second-order valence-corrected chi connectivity index (χ2v) is 2.24. The van der Waals surface area contributed by atoms with Crippen LogP contribution in [-0.4, -0.2) is 24.0 Å². The molecule has 3 nitrogen and oxygen atoms in total. The Balaban J connectivity index is 0.000000187. The summed E-state index contributed by atoms with van der Waals surface area (Å²) in [7, 11) is 0. The van der Waals surface area contributed by atoms with Gasteiger partial charge in [0.15, 0.2) is 5.78 Å². The summed E-state index contributed by atoms with van der Waals surface area (Å²) in [4.78, 5) is 9.87. The molecule has 1 aliphatic carbocycles. The summed E-state index contributed by atoms with van der Waals surface area (Å²) in [5.74, 6) is 0.229. The van der Waals surface area contributed by atoms with Crippen molar-refractivity contribution in [2.75, 3.05) is 13.1 Å². The molecule has 2 N–H and O–H groups in total. The molecule has 0 aromatic carbocycles. The maximum absolute atomic E-state index is 9.87. The summed E-state index contributed by atoms with van der Waals surface area (Å²) in [5, 5.41) is 11.4. The van der Waals surface area contributed by atoms with Crippen LogP contribution in [0.4, 0.5) is 0 Å². The fraction of sp³-hybridized carbons (Fsp3) is 0.625. The molecule has 0 radical (unpaired) electrons. The molecule has 0 aromatic rings. The highest BCUT2D eigenvalue weighted by atomic mass is 16.3. The zero-order chi connectivity index (χ0) is 8.69. The van der Waals surface area contributed by atoms with Crippen LogP contribution in [0.15, 0.2) is 11.8 Å². The van der Waals surface area contributed by atoms with Crippen molar-refractivity contribution in [2.24, 2.45) is 0 Å². The molecule has 0 heterocycles. The van der Waals surface area contributed by atoms with Crippen LogP contribution in [0.2, 0.25) is 0 Å². The molecule has 0 aliphatic heterocycles. The Labute approximate surface area is 67.1 Å². The maximum Gasteiger partial charge on any atom is 0.166 e. The van der Waals surface area contributed by atoms with E-state index in [0.717, 1.165) is 13.1 Å². The number of ketones is 1. The topological polar surface area (TPSA) is 49.3 Å². The SMILES string of the molecule is CCNCC.O=C1C=C(O)C1. The molecule has 0 bridgehead atoms. The van der Waals surface area contributed by atoms with Crippen molar-refractivity contribution in [1.29, 1.82) is 0 Å². The Morgan fingerprint density at radius 3 is 2.00 bits per heavy atom. The quantitative estimate of drug-likeness (QED) is 0.629. The molecular formula is C8H15NO2. The monoisotopic (exact) mass is 157 g/mol. The van der Waals surface area contributed by atoms with Crippen LogP contribution in [0.1, 0.15) is 20.3 Å².